The molecule has 2 rings (SSSR count). The Balaban J connectivity index is 2.31. The zero-order valence-electron chi connectivity index (χ0n) is 11.3. The van der Waals surface area contributed by atoms with E-state index in [2.05, 4.69) is 0 Å². The number of Topliss-reactive ketones (excluding diaryl/α,β-unsaturated/α-hetero) is 1. The second kappa shape index (κ2) is 7.01. The van der Waals surface area contributed by atoms with Crippen LogP contribution in [0.5, 0.6) is 0 Å². The first kappa shape index (κ1) is 14.5. The van der Waals surface area contributed by atoms with E-state index in [0.717, 1.165) is 36.0 Å². The molecule has 0 aliphatic heterocycles. The SMILES string of the molecule is CSC(SC)=C1CCC/C(=C/c2ccccc2)C1=O. The van der Waals surface area contributed by atoms with E-state index in [4.69, 9.17) is 0 Å². The van der Waals surface area contributed by atoms with Gasteiger partial charge in [0.05, 0.1) is 0 Å². The van der Waals surface area contributed by atoms with Crippen molar-refractivity contribution in [2.75, 3.05) is 12.5 Å². The average molecular weight is 290 g/mol. The maximum atomic E-state index is 12.5. The molecule has 0 saturated heterocycles. The lowest BCUT2D eigenvalue weighted by Gasteiger charge is -2.18. The summed E-state index contributed by atoms with van der Waals surface area (Å²) >= 11 is 3.37. The molecular weight excluding hydrogens is 272 g/mol. The van der Waals surface area contributed by atoms with E-state index in [1.54, 1.807) is 23.5 Å². The highest BCUT2D eigenvalue weighted by Gasteiger charge is 2.23. The van der Waals surface area contributed by atoms with E-state index < -0.39 is 0 Å². The Morgan fingerprint density at radius 1 is 1.11 bits per heavy atom. The third-order valence-electron chi connectivity index (χ3n) is 3.20. The van der Waals surface area contributed by atoms with Crippen LogP contribution >= 0.6 is 23.5 Å². The largest absolute Gasteiger partial charge is 0.289 e. The molecule has 1 fully saturated rings. The van der Waals surface area contributed by atoms with Crippen LogP contribution in [0, 0.1) is 0 Å². The lowest BCUT2D eigenvalue weighted by Crippen LogP contribution is -2.13. The highest BCUT2D eigenvalue weighted by atomic mass is 32.2. The van der Waals surface area contributed by atoms with Crippen molar-refractivity contribution in [2.45, 2.75) is 19.3 Å². The summed E-state index contributed by atoms with van der Waals surface area (Å²) in [5.74, 6) is 0.244. The Morgan fingerprint density at radius 3 is 2.42 bits per heavy atom. The predicted octanol–water partition coefficient (Wildman–Crippen LogP) is 4.76. The maximum absolute atomic E-state index is 12.5. The van der Waals surface area contributed by atoms with Crippen molar-refractivity contribution >= 4 is 35.4 Å². The van der Waals surface area contributed by atoms with Crippen LogP contribution in [0.3, 0.4) is 0 Å². The van der Waals surface area contributed by atoms with Crippen LogP contribution in [0.2, 0.25) is 0 Å². The van der Waals surface area contributed by atoms with E-state index >= 15 is 0 Å². The molecule has 1 aliphatic carbocycles. The summed E-state index contributed by atoms with van der Waals surface area (Å²) in [4.78, 5) is 12.5. The van der Waals surface area contributed by atoms with Gasteiger partial charge in [0.1, 0.15) is 0 Å². The lowest BCUT2D eigenvalue weighted by molar-refractivity contribution is -0.112. The van der Waals surface area contributed by atoms with Gasteiger partial charge < -0.3 is 0 Å². The van der Waals surface area contributed by atoms with Gasteiger partial charge in [-0.1, -0.05) is 30.3 Å². The second-order valence-electron chi connectivity index (χ2n) is 4.44. The highest BCUT2D eigenvalue weighted by Crippen LogP contribution is 2.36. The van der Waals surface area contributed by atoms with Crippen LogP contribution < -0.4 is 0 Å². The number of ketones is 1. The average Bonchev–Trinajstić information content (AvgIpc) is 2.45. The zero-order chi connectivity index (χ0) is 13.7. The van der Waals surface area contributed by atoms with Gasteiger partial charge in [-0.3, -0.25) is 4.79 Å². The van der Waals surface area contributed by atoms with Crippen LogP contribution in [-0.2, 0) is 4.79 Å². The number of hydrogen-bond donors (Lipinski definition) is 0. The third kappa shape index (κ3) is 3.54. The lowest BCUT2D eigenvalue weighted by atomic mass is 9.89. The summed E-state index contributed by atoms with van der Waals surface area (Å²) in [6.07, 6.45) is 9.02. The third-order valence-corrected chi connectivity index (χ3v) is 5.43. The van der Waals surface area contributed by atoms with Crippen LogP contribution in [0.1, 0.15) is 24.8 Å². The van der Waals surface area contributed by atoms with E-state index in [1.165, 1.54) is 4.24 Å². The summed E-state index contributed by atoms with van der Waals surface area (Å²) in [5.41, 5.74) is 3.07. The van der Waals surface area contributed by atoms with Gasteiger partial charge >= 0.3 is 0 Å². The monoisotopic (exact) mass is 290 g/mol. The summed E-state index contributed by atoms with van der Waals surface area (Å²) < 4.78 is 1.17. The van der Waals surface area contributed by atoms with Gasteiger partial charge in [0.25, 0.3) is 0 Å². The van der Waals surface area contributed by atoms with E-state index in [1.807, 2.05) is 48.9 Å². The Kier molecular flexibility index (Phi) is 5.34. The molecule has 19 heavy (non-hydrogen) atoms. The molecule has 1 aliphatic rings. The zero-order valence-corrected chi connectivity index (χ0v) is 12.9. The summed E-state index contributed by atoms with van der Waals surface area (Å²) in [7, 11) is 0. The fourth-order valence-electron chi connectivity index (χ4n) is 2.29. The fourth-order valence-corrected chi connectivity index (χ4v) is 3.84. The smallest absolute Gasteiger partial charge is 0.186 e. The Morgan fingerprint density at radius 2 is 1.79 bits per heavy atom. The number of carbonyl (C=O) groups is 1. The first-order chi connectivity index (χ1) is 9.26. The maximum Gasteiger partial charge on any atom is 0.186 e. The van der Waals surface area contributed by atoms with E-state index in [9.17, 15) is 4.79 Å². The van der Waals surface area contributed by atoms with Gasteiger partial charge in [0, 0.05) is 15.4 Å². The van der Waals surface area contributed by atoms with Crippen molar-refractivity contribution < 1.29 is 4.79 Å². The molecule has 3 heteroatoms. The van der Waals surface area contributed by atoms with Crippen molar-refractivity contribution in [1.82, 2.24) is 0 Å². The van der Waals surface area contributed by atoms with Crippen molar-refractivity contribution in [2.24, 2.45) is 0 Å². The highest BCUT2D eigenvalue weighted by molar-refractivity contribution is 8.21. The fraction of sp³-hybridized carbons (Fsp3) is 0.312. The molecule has 0 heterocycles. The van der Waals surface area contributed by atoms with Crippen molar-refractivity contribution in [3.63, 3.8) is 0 Å². The molecular formula is C16H18OS2. The minimum absolute atomic E-state index is 0.244. The van der Waals surface area contributed by atoms with Crippen molar-refractivity contribution in [3.05, 3.63) is 51.3 Å². The van der Waals surface area contributed by atoms with Gasteiger partial charge in [-0.15, -0.1) is 23.5 Å². The molecule has 0 amide bonds. The van der Waals surface area contributed by atoms with Crippen LogP contribution in [0.4, 0.5) is 0 Å². The van der Waals surface area contributed by atoms with Gasteiger partial charge in [-0.25, -0.2) is 0 Å². The number of carbonyl (C=O) groups excluding carboxylic acids is 1. The first-order valence-electron chi connectivity index (χ1n) is 6.37. The van der Waals surface area contributed by atoms with Crippen LogP contribution in [0.25, 0.3) is 6.08 Å². The molecule has 0 N–H and O–H groups in total. The molecule has 0 spiro atoms. The standard InChI is InChI=1S/C16H18OS2/c1-18-16(19-2)14-10-6-9-13(15(14)17)11-12-7-4-3-5-8-12/h3-5,7-8,11H,6,9-10H2,1-2H3/b13-11-. The van der Waals surface area contributed by atoms with E-state index in [0.29, 0.717) is 0 Å². The number of thioether (sulfide) groups is 2. The Bertz CT molecular complexity index is 509. The van der Waals surface area contributed by atoms with Crippen molar-refractivity contribution in [1.29, 1.82) is 0 Å². The molecule has 0 bridgehead atoms. The second-order valence-corrected chi connectivity index (χ2v) is 6.33. The Hall–Kier alpha value is -0.930. The van der Waals surface area contributed by atoms with Crippen LogP contribution in [-0.4, -0.2) is 18.3 Å². The van der Waals surface area contributed by atoms with Crippen molar-refractivity contribution in [3.8, 4) is 0 Å². The van der Waals surface area contributed by atoms with Gasteiger partial charge in [0.2, 0.25) is 0 Å². The number of hydrogen-bond acceptors (Lipinski definition) is 3. The minimum Gasteiger partial charge on any atom is -0.289 e. The van der Waals surface area contributed by atoms with Gasteiger partial charge in [0.15, 0.2) is 5.78 Å². The minimum atomic E-state index is 0.244. The molecule has 1 aromatic rings. The number of rotatable bonds is 3. The molecule has 1 aromatic carbocycles. The Labute approximate surface area is 123 Å². The number of benzene rings is 1. The quantitative estimate of drug-likeness (QED) is 0.747. The molecule has 1 saturated carbocycles. The summed E-state index contributed by atoms with van der Waals surface area (Å²) in [5, 5.41) is 0. The molecule has 1 nitrogen and oxygen atoms in total. The predicted molar refractivity (Wildman–Crippen MR) is 87.3 cm³/mol. The molecule has 0 radical (unpaired) electrons. The molecule has 0 unspecified atom stereocenters. The summed E-state index contributed by atoms with van der Waals surface area (Å²) in [6, 6.07) is 10.1. The van der Waals surface area contributed by atoms with Gasteiger partial charge in [-0.05, 0) is 43.4 Å². The first-order valence-corrected chi connectivity index (χ1v) is 8.82. The molecule has 100 valence electrons. The summed E-state index contributed by atoms with van der Waals surface area (Å²) in [6.45, 7) is 0. The van der Waals surface area contributed by atoms with Crippen LogP contribution in [0.15, 0.2) is 45.7 Å². The van der Waals surface area contributed by atoms with E-state index in [-0.39, 0.29) is 5.78 Å². The topological polar surface area (TPSA) is 17.1 Å². The molecule has 0 aromatic heterocycles. The number of allylic oxidation sites excluding steroid dienone is 2. The molecule has 0 atom stereocenters. The normalized spacial score (nSPS) is 17.9. The van der Waals surface area contributed by atoms with Gasteiger partial charge in [-0.2, -0.15) is 0 Å².